The zero-order valence-electron chi connectivity index (χ0n) is 10.8. The van der Waals surface area contributed by atoms with Crippen LogP contribution in [0.15, 0.2) is 22.2 Å². The van der Waals surface area contributed by atoms with Crippen LogP contribution in [0.4, 0.5) is 0 Å². The third kappa shape index (κ3) is 3.15. The molecule has 1 fully saturated rings. The predicted molar refractivity (Wildman–Crippen MR) is 75.4 cm³/mol. The molecular formula is C11H14N6OS2. The summed E-state index contributed by atoms with van der Waals surface area (Å²) in [6.45, 7) is 1.55. The van der Waals surface area contributed by atoms with Gasteiger partial charge in [-0.1, -0.05) is 28.3 Å². The zero-order chi connectivity index (χ0) is 13.8. The Kier molecular flexibility index (Phi) is 4.26. The molecule has 0 spiro atoms. The van der Waals surface area contributed by atoms with Gasteiger partial charge in [0.2, 0.25) is 5.91 Å². The highest BCUT2D eigenvalue weighted by Gasteiger charge is 2.29. The first-order valence-corrected chi connectivity index (χ1v) is 8.22. The molecule has 9 heteroatoms. The highest BCUT2D eigenvalue weighted by atomic mass is 32.2. The van der Waals surface area contributed by atoms with Gasteiger partial charge in [-0.2, -0.15) is 0 Å². The van der Waals surface area contributed by atoms with E-state index in [0.29, 0.717) is 5.75 Å². The molecule has 0 saturated carbocycles. The number of carbonyl (C=O) groups is 1. The lowest BCUT2D eigenvalue weighted by Gasteiger charge is -2.24. The van der Waals surface area contributed by atoms with Crippen molar-refractivity contribution in [2.75, 3.05) is 12.3 Å². The molecule has 2 aromatic heterocycles. The topological polar surface area (TPSA) is 76.8 Å². The number of nitrogens with zero attached hydrogens (tertiary/aromatic N) is 6. The molecule has 3 heterocycles. The number of rotatable bonds is 5. The Hall–Kier alpha value is -1.48. The molecule has 3 rings (SSSR count). The van der Waals surface area contributed by atoms with E-state index in [0.717, 1.165) is 30.3 Å². The number of hydrogen-bond acceptors (Lipinski definition) is 7. The summed E-state index contributed by atoms with van der Waals surface area (Å²) >= 11 is 2.91. The lowest BCUT2D eigenvalue weighted by atomic mass is 10.2. The van der Waals surface area contributed by atoms with Gasteiger partial charge in [0.1, 0.15) is 5.51 Å². The number of aromatic nitrogens is 5. The molecule has 2 aromatic rings. The molecule has 0 aliphatic carbocycles. The predicted octanol–water partition coefficient (Wildman–Crippen LogP) is 0.913. The Bertz CT molecular complexity index is 543. The van der Waals surface area contributed by atoms with E-state index >= 15 is 0 Å². The number of amides is 1. The number of likely N-dealkylation sites (tertiary alicyclic amines) is 1. The summed E-state index contributed by atoms with van der Waals surface area (Å²) in [5, 5.41) is 15.5. The van der Waals surface area contributed by atoms with Crippen molar-refractivity contribution >= 4 is 29.0 Å². The maximum absolute atomic E-state index is 12.3. The lowest BCUT2D eigenvalue weighted by Crippen LogP contribution is -2.39. The smallest absolute Gasteiger partial charge is 0.233 e. The maximum Gasteiger partial charge on any atom is 0.233 e. The average Bonchev–Trinajstić information content (AvgIpc) is 3.19. The highest BCUT2D eigenvalue weighted by Crippen LogP contribution is 2.23. The standard InChI is InChI=1S/C11H14N6OS2/c18-10(7-19-11-14-13-8-20-11)17-4-1-2-9(17)6-16-5-3-12-15-16/h3,5,8-9H,1-2,4,6-7H2/t9-/m0/s1. The van der Waals surface area contributed by atoms with Crippen molar-refractivity contribution in [2.45, 2.75) is 29.8 Å². The Balaban J connectivity index is 1.55. The van der Waals surface area contributed by atoms with E-state index in [1.807, 2.05) is 11.1 Å². The van der Waals surface area contributed by atoms with Crippen LogP contribution in [0.25, 0.3) is 0 Å². The van der Waals surface area contributed by atoms with Gasteiger partial charge in [-0.15, -0.1) is 15.3 Å². The number of thioether (sulfide) groups is 1. The number of hydrogen-bond donors (Lipinski definition) is 0. The molecule has 0 radical (unpaired) electrons. The third-order valence-corrected chi connectivity index (χ3v) is 5.07. The zero-order valence-corrected chi connectivity index (χ0v) is 12.4. The minimum absolute atomic E-state index is 0.160. The van der Waals surface area contributed by atoms with Crippen LogP contribution in [0.3, 0.4) is 0 Å². The SMILES string of the molecule is O=C(CSc1nncs1)N1CCC[C@H]1Cn1ccnn1. The second-order valence-corrected chi connectivity index (χ2v) is 6.56. The lowest BCUT2D eigenvalue weighted by molar-refractivity contribution is -0.129. The van der Waals surface area contributed by atoms with Crippen molar-refractivity contribution in [3.8, 4) is 0 Å². The van der Waals surface area contributed by atoms with Crippen LogP contribution in [-0.4, -0.2) is 54.3 Å². The van der Waals surface area contributed by atoms with Gasteiger partial charge >= 0.3 is 0 Å². The first-order valence-electron chi connectivity index (χ1n) is 6.35. The van der Waals surface area contributed by atoms with Crippen LogP contribution in [0.5, 0.6) is 0 Å². The fraction of sp³-hybridized carbons (Fsp3) is 0.545. The minimum atomic E-state index is 0.160. The van der Waals surface area contributed by atoms with Crippen molar-refractivity contribution in [3.63, 3.8) is 0 Å². The van der Waals surface area contributed by atoms with Crippen LogP contribution in [0, 0.1) is 0 Å². The fourth-order valence-corrected chi connectivity index (χ4v) is 3.71. The Labute approximate surface area is 124 Å². The Morgan fingerprint density at radius 1 is 1.50 bits per heavy atom. The van der Waals surface area contributed by atoms with Crippen molar-refractivity contribution < 1.29 is 4.79 Å². The number of carbonyl (C=O) groups excluding carboxylic acids is 1. The fourth-order valence-electron chi connectivity index (χ4n) is 2.33. The van der Waals surface area contributed by atoms with Crippen molar-refractivity contribution in [2.24, 2.45) is 0 Å². The van der Waals surface area contributed by atoms with Crippen molar-refractivity contribution in [3.05, 3.63) is 17.9 Å². The molecule has 1 saturated heterocycles. The van der Waals surface area contributed by atoms with Gasteiger partial charge in [0.25, 0.3) is 0 Å². The summed E-state index contributed by atoms with van der Waals surface area (Å²) < 4.78 is 2.62. The molecule has 1 aliphatic heterocycles. The van der Waals surface area contributed by atoms with E-state index in [9.17, 15) is 4.79 Å². The highest BCUT2D eigenvalue weighted by molar-refractivity contribution is 8.01. The van der Waals surface area contributed by atoms with Crippen LogP contribution in [0.2, 0.25) is 0 Å². The van der Waals surface area contributed by atoms with E-state index in [1.54, 1.807) is 16.4 Å². The Morgan fingerprint density at radius 3 is 3.20 bits per heavy atom. The van der Waals surface area contributed by atoms with Crippen LogP contribution < -0.4 is 0 Å². The molecule has 1 aliphatic rings. The molecule has 20 heavy (non-hydrogen) atoms. The quantitative estimate of drug-likeness (QED) is 0.764. The third-order valence-electron chi connectivity index (χ3n) is 3.23. The van der Waals surface area contributed by atoms with Crippen LogP contribution in [0.1, 0.15) is 12.8 Å². The molecule has 0 bridgehead atoms. The summed E-state index contributed by atoms with van der Waals surface area (Å²) in [7, 11) is 0. The molecule has 0 N–H and O–H groups in total. The second-order valence-electron chi connectivity index (χ2n) is 4.50. The van der Waals surface area contributed by atoms with Gasteiger partial charge in [0, 0.05) is 12.7 Å². The molecule has 106 valence electrons. The van der Waals surface area contributed by atoms with E-state index in [4.69, 9.17) is 0 Å². The average molecular weight is 310 g/mol. The Morgan fingerprint density at radius 2 is 2.45 bits per heavy atom. The van der Waals surface area contributed by atoms with Gasteiger partial charge < -0.3 is 4.90 Å². The van der Waals surface area contributed by atoms with Crippen LogP contribution >= 0.6 is 23.1 Å². The molecule has 0 unspecified atom stereocenters. The first kappa shape index (κ1) is 13.5. The van der Waals surface area contributed by atoms with Crippen LogP contribution in [-0.2, 0) is 11.3 Å². The van der Waals surface area contributed by atoms with Gasteiger partial charge in [-0.05, 0) is 12.8 Å². The summed E-state index contributed by atoms with van der Waals surface area (Å²) in [6.07, 6.45) is 5.56. The van der Waals surface area contributed by atoms with E-state index in [1.165, 1.54) is 23.1 Å². The normalized spacial score (nSPS) is 18.6. The summed E-state index contributed by atoms with van der Waals surface area (Å²) in [4.78, 5) is 14.2. The maximum atomic E-state index is 12.3. The molecule has 1 atom stereocenters. The summed E-state index contributed by atoms with van der Waals surface area (Å²) in [5.41, 5.74) is 1.68. The summed E-state index contributed by atoms with van der Waals surface area (Å²) in [6, 6.07) is 0.221. The van der Waals surface area contributed by atoms with E-state index in [2.05, 4.69) is 20.5 Å². The largest absolute Gasteiger partial charge is 0.337 e. The van der Waals surface area contributed by atoms with Gasteiger partial charge in [-0.3, -0.25) is 9.48 Å². The van der Waals surface area contributed by atoms with Gasteiger partial charge in [0.05, 0.1) is 24.5 Å². The second kappa shape index (κ2) is 6.31. The monoisotopic (exact) mass is 310 g/mol. The molecular weight excluding hydrogens is 296 g/mol. The van der Waals surface area contributed by atoms with Crippen molar-refractivity contribution in [1.29, 1.82) is 0 Å². The van der Waals surface area contributed by atoms with Gasteiger partial charge in [-0.25, -0.2) is 0 Å². The molecule has 7 nitrogen and oxygen atoms in total. The first-order chi connectivity index (χ1) is 9.83. The molecule has 0 aromatic carbocycles. The summed E-state index contributed by atoms with van der Waals surface area (Å²) in [5.74, 6) is 0.580. The van der Waals surface area contributed by atoms with E-state index < -0.39 is 0 Å². The van der Waals surface area contributed by atoms with E-state index in [-0.39, 0.29) is 11.9 Å². The van der Waals surface area contributed by atoms with Gasteiger partial charge in [0.15, 0.2) is 4.34 Å². The van der Waals surface area contributed by atoms with Crippen molar-refractivity contribution in [1.82, 2.24) is 30.1 Å². The molecule has 1 amide bonds. The minimum Gasteiger partial charge on any atom is -0.337 e.